The van der Waals surface area contributed by atoms with Gasteiger partial charge in [-0.25, -0.2) is 4.68 Å². The van der Waals surface area contributed by atoms with Crippen LogP contribution in [0.2, 0.25) is 0 Å². The molecule has 0 spiro atoms. The third-order valence-electron chi connectivity index (χ3n) is 4.93. The minimum Gasteiger partial charge on any atom is -0.395 e. The highest BCUT2D eigenvalue weighted by molar-refractivity contribution is 5.91. The van der Waals surface area contributed by atoms with Gasteiger partial charge in [-0.05, 0) is 45.1 Å². The number of nitrogens with one attached hydrogen (secondary N) is 1. The molecule has 1 aliphatic heterocycles. The zero-order valence-corrected chi connectivity index (χ0v) is 13.2. The number of hydrogen-bond donors (Lipinski definition) is 2. The Labute approximate surface area is 131 Å². The van der Waals surface area contributed by atoms with Crippen LogP contribution in [0.25, 0.3) is 0 Å². The van der Waals surface area contributed by atoms with E-state index in [-0.39, 0.29) is 18.6 Å². The lowest BCUT2D eigenvalue weighted by Gasteiger charge is -2.33. The highest BCUT2D eigenvalue weighted by Gasteiger charge is 2.31. The van der Waals surface area contributed by atoms with Crippen LogP contribution in [0.15, 0.2) is 12.3 Å². The molecule has 1 amide bonds. The van der Waals surface area contributed by atoms with E-state index in [9.17, 15) is 9.90 Å². The molecule has 122 valence electrons. The molecular weight excluding hydrogens is 280 g/mol. The van der Waals surface area contributed by atoms with Gasteiger partial charge in [0.1, 0.15) is 5.82 Å². The van der Waals surface area contributed by atoms with E-state index in [1.165, 1.54) is 12.8 Å². The molecule has 1 aromatic rings. The zero-order chi connectivity index (χ0) is 15.5. The van der Waals surface area contributed by atoms with Gasteiger partial charge in [-0.3, -0.25) is 9.69 Å². The van der Waals surface area contributed by atoms with E-state index in [4.69, 9.17) is 0 Å². The maximum atomic E-state index is 12.3. The van der Waals surface area contributed by atoms with Crippen molar-refractivity contribution in [3.05, 3.63) is 12.3 Å². The third kappa shape index (κ3) is 3.50. The second-order valence-corrected chi connectivity index (χ2v) is 6.59. The molecule has 1 saturated carbocycles. The average Bonchev–Trinajstić information content (AvgIpc) is 3.27. The van der Waals surface area contributed by atoms with Gasteiger partial charge in [-0.15, -0.1) is 0 Å². The van der Waals surface area contributed by atoms with Crippen LogP contribution < -0.4 is 5.32 Å². The molecule has 2 fully saturated rings. The van der Waals surface area contributed by atoms with Crippen molar-refractivity contribution in [1.82, 2.24) is 14.7 Å². The minimum atomic E-state index is -0.0231. The van der Waals surface area contributed by atoms with Crippen molar-refractivity contribution in [3.63, 3.8) is 0 Å². The number of aromatic nitrogens is 2. The minimum absolute atomic E-state index is 0.0231. The maximum absolute atomic E-state index is 12.3. The van der Waals surface area contributed by atoms with Gasteiger partial charge in [0.05, 0.1) is 25.4 Å². The summed E-state index contributed by atoms with van der Waals surface area (Å²) in [6.07, 6.45) is 7.45. The van der Waals surface area contributed by atoms with Crippen molar-refractivity contribution < 1.29 is 9.90 Å². The van der Waals surface area contributed by atoms with E-state index >= 15 is 0 Å². The number of nitrogens with zero attached hydrogens (tertiary/aromatic N) is 3. The first-order chi connectivity index (χ1) is 10.7. The fraction of sp³-hybridized carbons (Fsp3) is 0.750. The lowest BCUT2D eigenvalue weighted by atomic mass is 10.0. The van der Waals surface area contributed by atoms with Gasteiger partial charge in [0.2, 0.25) is 5.91 Å². The predicted octanol–water partition coefficient (Wildman–Crippen LogP) is 1.64. The van der Waals surface area contributed by atoms with Gasteiger partial charge in [0.25, 0.3) is 0 Å². The Kier molecular flexibility index (Phi) is 4.78. The van der Waals surface area contributed by atoms with Crippen LogP contribution >= 0.6 is 0 Å². The fourth-order valence-corrected chi connectivity index (χ4v) is 3.36. The second-order valence-electron chi connectivity index (χ2n) is 6.59. The number of piperidine rings is 1. The molecule has 0 radical (unpaired) electrons. The molecule has 0 aromatic carbocycles. The Morgan fingerprint density at radius 3 is 3.00 bits per heavy atom. The van der Waals surface area contributed by atoms with E-state index in [0.29, 0.717) is 18.5 Å². The molecule has 2 atom stereocenters. The van der Waals surface area contributed by atoms with Crippen LogP contribution in [0, 0.1) is 5.92 Å². The summed E-state index contributed by atoms with van der Waals surface area (Å²) in [4.78, 5) is 14.4. The van der Waals surface area contributed by atoms with Gasteiger partial charge in [-0.1, -0.05) is 6.42 Å². The van der Waals surface area contributed by atoms with E-state index in [2.05, 4.69) is 22.2 Å². The van der Waals surface area contributed by atoms with Gasteiger partial charge in [-0.2, -0.15) is 5.10 Å². The van der Waals surface area contributed by atoms with Crippen LogP contribution in [-0.2, 0) is 4.79 Å². The number of anilines is 1. The SMILES string of the molecule is CC(C1CC1)n1nccc1NC(=O)CN1CCCCC1CO. The van der Waals surface area contributed by atoms with Crippen molar-refractivity contribution >= 4 is 11.7 Å². The average molecular weight is 306 g/mol. The summed E-state index contributed by atoms with van der Waals surface area (Å²) < 4.78 is 1.93. The van der Waals surface area contributed by atoms with E-state index in [1.807, 2.05) is 10.7 Å². The number of amides is 1. The molecule has 2 heterocycles. The highest BCUT2D eigenvalue weighted by atomic mass is 16.3. The van der Waals surface area contributed by atoms with Crippen molar-refractivity contribution in [1.29, 1.82) is 0 Å². The molecule has 3 rings (SSSR count). The van der Waals surface area contributed by atoms with E-state index in [0.717, 1.165) is 31.6 Å². The molecule has 6 nitrogen and oxygen atoms in total. The number of likely N-dealkylation sites (tertiary alicyclic amines) is 1. The van der Waals surface area contributed by atoms with Gasteiger partial charge in [0, 0.05) is 12.1 Å². The third-order valence-corrected chi connectivity index (χ3v) is 4.93. The summed E-state index contributed by atoms with van der Waals surface area (Å²) >= 11 is 0. The smallest absolute Gasteiger partial charge is 0.239 e. The van der Waals surface area contributed by atoms with Crippen molar-refractivity contribution in [2.24, 2.45) is 5.92 Å². The zero-order valence-electron chi connectivity index (χ0n) is 13.2. The van der Waals surface area contributed by atoms with Crippen LogP contribution in [0.4, 0.5) is 5.82 Å². The molecule has 22 heavy (non-hydrogen) atoms. The van der Waals surface area contributed by atoms with E-state index < -0.39 is 0 Å². The van der Waals surface area contributed by atoms with Crippen LogP contribution in [-0.4, -0.2) is 51.4 Å². The number of carbonyl (C=O) groups is 1. The molecule has 1 aromatic heterocycles. The lowest BCUT2D eigenvalue weighted by molar-refractivity contribution is -0.118. The van der Waals surface area contributed by atoms with Gasteiger partial charge >= 0.3 is 0 Å². The summed E-state index contributed by atoms with van der Waals surface area (Å²) in [5.74, 6) is 1.45. The molecule has 6 heteroatoms. The van der Waals surface area contributed by atoms with Crippen molar-refractivity contribution in [2.45, 2.75) is 51.1 Å². The molecule has 1 saturated heterocycles. The first-order valence-electron chi connectivity index (χ1n) is 8.37. The van der Waals surface area contributed by atoms with Crippen molar-refractivity contribution in [2.75, 3.05) is 25.0 Å². The largest absolute Gasteiger partial charge is 0.395 e. The normalized spacial score (nSPS) is 24.2. The topological polar surface area (TPSA) is 70.4 Å². The Hall–Kier alpha value is -1.40. The summed E-state index contributed by atoms with van der Waals surface area (Å²) in [5, 5.41) is 16.8. The van der Waals surface area contributed by atoms with Crippen molar-refractivity contribution in [3.8, 4) is 0 Å². The Morgan fingerprint density at radius 2 is 2.27 bits per heavy atom. The summed E-state index contributed by atoms with van der Waals surface area (Å²) in [6, 6.07) is 2.32. The summed E-state index contributed by atoms with van der Waals surface area (Å²) in [6.45, 7) is 3.52. The first kappa shape index (κ1) is 15.5. The number of aliphatic hydroxyl groups is 1. The van der Waals surface area contributed by atoms with Crippen LogP contribution in [0.1, 0.15) is 45.1 Å². The molecule has 0 bridgehead atoms. The fourth-order valence-electron chi connectivity index (χ4n) is 3.36. The summed E-state index contributed by atoms with van der Waals surface area (Å²) in [7, 11) is 0. The van der Waals surface area contributed by atoms with E-state index in [1.54, 1.807) is 6.20 Å². The molecule has 1 aliphatic carbocycles. The van der Waals surface area contributed by atoms with Gasteiger partial charge in [0.15, 0.2) is 0 Å². The lowest BCUT2D eigenvalue weighted by Crippen LogP contribution is -2.45. The monoisotopic (exact) mass is 306 g/mol. The quantitative estimate of drug-likeness (QED) is 0.838. The number of carbonyl (C=O) groups excluding carboxylic acids is 1. The van der Waals surface area contributed by atoms with Crippen LogP contribution in [0.3, 0.4) is 0 Å². The second kappa shape index (κ2) is 6.79. The maximum Gasteiger partial charge on any atom is 0.239 e. The van der Waals surface area contributed by atoms with Crippen LogP contribution in [0.5, 0.6) is 0 Å². The summed E-state index contributed by atoms with van der Waals surface area (Å²) in [5.41, 5.74) is 0. The molecule has 2 aliphatic rings. The number of hydrogen-bond acceptors (Lipinski definition) is 4. The first-order valence-corrected chi connectivity index (χ1v) is 8.37. The Morgan fingerprint density at radius 1 is 1.45 bits per heavy atom. The molecule has 2 unspecified atom stereocenters. The number of aliphatic hydroxyl groups excluding tert-OH is 1. The highest BCUT2D eigenvalue weighted by Crippen LogP contribution is 2.40. The Bertz CT molecular complexity index is 512. The molecule has 2 N–H and O–H groups in total. The Balaban J connectivity index is 1.58. The number of rotatable bonds is 6. The van der Waals surface area contributed by atoms with Gasteiger partial charge < -0.3 is 10.4 Å². The predicted molar refractivity (Wildman–Crippen MR) is 84.6 cm³/mol. The standard InChI is InChI=1S/C16H26N4O2/c1-12(13-5-6-13)20-15(7-8-17-20)18-16(22)10-19-9-3-2-4-14(19)11-21/h7-8,12-14,21H,2-6,9-11H2,1H3,(H,18,22). The molecular formula is C16H26N4O2.